The third-order valence-electron chi connectivity index (χ3n) is 3.63. The van der Waals surface area contributed by atoms with Gasteiger partial charge < -0.3 is 15.2 Å². The minimum absolute atomic E-state index is 0.198. The maximum atomic E-state index is 5.97. The zero-order valence-corrected chi connectivity index (χ0v) is 13.8. The average Bonchev–Trinajstić information content (AvgIpc) is 2.83. The first-order chi connectivity index (χ1) is 10.1. The number of aryl methyl sites for hydroxylation is 2. The fourth-order valence-corrected chi connectivity index (χ4v) is 3.29. The lowest BCUT2D eigenvalue weighted by molar-refractivity contribution is 0.397. The molecule has 114 valence electrons. The van der Waals surface area contributed by atoms with E-state index in [1.165, 1.54) is 4.88 Å². The molecule has 2 aromatic rings. The van der Waals surface area contributed by atoms with Crippen LogP contribution in [0.2, 0.25) is 0 Å². The predicted molar refractivity (Wildman–Crippen MR) is 86.6 cm³/mol. The molecule has 1 aromatic heterocycles. The molecule has 1 unspecified atom stereocenters. The maximum absolute atomic E-state index is 5.97. The molecule has 0 radical (unpaired) electrons. The van der Waals surface area contributed by atoms with Gasteiger partial charge in [0.2, 0.25) is 0 Å². The van der Waals surface area contributed by atoms with Crippen LogP contribution in [0.1, 0.15) is 27.1 Å². The van der Waals surface area contributed by atoms with E-state index in [9.17, 15) is 0 Å². The Kier molecular flexibility index (Phi) is 5.20. The van der Waals surface area contributed by atoms with Crippen LogP contribution in [-0.2, 0) is 6.42 Å². The molecule has 0 saturated carbocycles. The second kappa shape index (κ2) is 6.91. The third kappa shape index (κ3) is 3.54. The van der Waals surface area contributed by atoms with Crippen LogP contribution < -0.4 is 15.2 Å². The van der Waals surface area contributed by atoms with E-state index in [1.54, 1.807) is 25.6 Å². The van der Waals surface area contributed by atoms with Crippen LogP contribution in [-0.4, -0.2) is 25.7 Å². The molecule has 0 saturated heterocycles. The molecule has 5 heteroatoms. The SMILES string of the molecule is COc1ccc(OC)c(CC(CN)c2nc(C)c(C)s2)c1. The van der Waals surface area contributed by atoms with Gasteiger partial charge in [0.1, 0.15) is 11.5 Å². The monoisotopic (exact) mass is 306 g/mol. The number of benzene rings is 1. The van der Waals surface area contributed by atoms with Crippen LogP contribution in [0.25, 0.3) is 0 Å². The van der Waals surface area contributed by atoms with Crippen LogP contribution >= 0.6 is 11.3 Å². The van der Waals surface area contributed by atoms with Gasteiger partial charge >= 0.3 is 0 Å². The van der Waals surface area contributed by atoms with Crippen molar-refractivity contribution in [3.63, 3.8) is 0 Å². The Morgan fingerprint density at radius 3 is 2.52 bits per heavy atom. The lowest BCUT2D eigenvalue weighted by Gasteiger charge is -2.15. The van der Waals surface area contributed by atoms with Crippen LogP contribution in [0.3, 0.4) is 0 Å². The first-order valence-electron chi connectivity index (χ1n) is 6.94. The molecule has 0 fully saturated rings. The van der Waals surface area contributed by atoms with Crippen molar-refractivity contribution in [3.05, 3.63) is 39.3 Å². The molecule has 0 aliphatic heterocycles. The fourth-order valence-electron chi connectivity index (χ4n) is 2.25. The van der Waals surface area contributed by atoms with Gasteiger partial charge in [-0.1, -0.05) is 0 Å². The third-order valence-corrected chi connectivity index (χ3v) is 4.87. The van der Waals surface area contributed by atoms with Gasteiger partial charge in [-0.2, -0.15) is 0 Å². The summed E-state index contributed by atoms with van der Waals surface area (Å²) < 4.78 is 10.7. The van der Waals surface area contributed by atoms with Gasteiger partial charge in [0.25, 0.3) is 0 Å². The van der Waals surface area contributed by atoms with Gasteiger partial charge in [0.05, 0.1) is 24.9 Å². The Morgan fingerprint density at radius 1 is 1.24 bits per heavy atom. The molecule has 0 aliphatic carbocycles. The topological polar surface area (TPSA) is 57.4 Å². The van der Waals surface area contributed by atoms with Crippen LogP contribution in [0.4, 0.5) is 0 Å². The number of hydrogen-bond acceptors (Lipinski definition) is 5. The fraction of sp³-hybridized carbons (Fsp3) is 0.438. The molecule has 1 atom stereocenters. The van der Waals surface area contributed by atoms with E-state index in [-0.39, 0.29) is 5.92 Å². The van der Waals surface area contributed by atoms with E-state index in [2.05, 4.69) is 11.9 Å². The lowest BCUT2D eigenvalue weighted by Crippen LogP contribution is -2.15. The summed E-state index contributed by atoms with van der Waals surface area (Å²) in [6.45, 7) is 4.69. The first-order valence-corrected chi connectivity index (χ1v) is 7.75. The van der Waals surface area contributed by atoms with Gasteiger partial charge in [-0.05, 0) is 44.0 Å². The van der Waals surface area contributed by atoms with Crippen LogP contribution in [0, 0.1) is 13.8 Å². The average molecular weight is 306 g/mol. The molecule has 0 amide bonds. The zero-order valence-electron chi connectivity index (χ0n) is 13.0. The maximum Gasteiger partial charge on any atom is 0.122 e. The molecule has 2 rings (SSSR count). The number of thiazole rings is 1. The summed E-state index contributed by atoms with van der Waals surface area (Å²) >= 11 is 1.73. The van der Waals surface area contributed by atoms with Crippen molar-refractivity contribution in [2.45, 2.75) is 26.2 Å². The summed E-state index contributed by atoms with van der Waals surface area (Å²) in [5, 5.41) is 1.09. The zero-order chi connectivity index (χ0) is 15.4. The van der Waals surface area contributed by atoms with Gasteiger partial charge in [0.15, 0.2) is 0 Å². The van der Waals surface area contributed by atoms with Crippen LogP contribution in [0.5, 0.6) is 11.5 Å². The summed E-state index contributed by atoms with van der Waals surface area (Å²) in [6.07, 6.45) is 0.795. The van der Waals surface area contributed by atoms with E-state index in [4.69, 9.17) is 15.2 Å². The second-order valence-corrected chi connectivity index (χ2v) is 6.24. The standard InChI is InChI=1S/C16H22N2O2S/c1-10-11(2)21-16(18-10)13(9-17)7-12-8-14(19-3)5-6-15(12)20-4/h5-6,8,13H,7,9,17H2,1-4H3. The molecule has 2 N–H and O–H groups in total. The minimum atomic E-state index is 0.198. The quantitative estimate of drug-likeness (QED) is 0.891. The van der Waals surface area contributed by atoms with E-state index >= 15 is 0 Å². The molecular formula is C16H22N2O2S. The molecule has 4 nitrogen and oxygen atoms in total. The van der Waals surface area contributed by atoms with Crippen molar-refractivity contribution in [3.8, 4) is 11.5 Å². The Bertz CT molecular complexity index is 591. The molecule has 0 spiro atoms. The highest BCUT2D eigenvalue weighted by molar-refractivity contribution is 7.11. The van der Waals surface area contributed by atoms with Crippen molar-refractivity contribution < 1.29 is 9.47 Å². The first kappa shape index (κ1) is 15.8. The van der Waals surface area contributed by atoms with Crippen molar-refractivity contribution in [2.75, 3.05) is 20.8 Å². The summed E-state index contributed by atoms with van der Waals surface area (Å²) in [4.78, 5) is 5.89. The molecule has 21 heavy (non-hydrogen) atoms. The minimum Gasteiger partial charge on any atom is -0.497 e. The molecule has 1 aromatic carbocycles. The predicted octanol–water partition coefficient (Wildman–Crippen LogP) is 3.06. The summed E-state index contributed by atoms with van der Waals surface area (Å²) in [7, 11) is 3.35. The van der Waals surface area contributed by atoms with E-state index in [1.807, 2.05) is 25.1 Å². The summed E-state index contributed by atoms with van der Waals surface area (Å²) in [5.74, 6) is 1.88. The second-order valence-electron chi connectivity index (χ2n) is 5.01. The van der Waals surface area contributed by atoms with E-state index < -0.39 is 0 Å². The summed E-state index contributed by atoms with van der Waals surface area (Å²) in [6, 6.07) is 5.84. The smallest absolute Gasteiger partial charge is 0.122 e. The van der Waals surface area contributed by atoms with Crippen molar-refractivity contribution in [1.82, 2.24) is 4.98 Å². The number of ether oxygens (including phenoxy) is 2. The summed E-state index contributed by atoms with van der Waals surface area (Å²) in [5.41, 5.74) is 8.15. The number of methoxy groups -OCH3 is 2. The highest BCUT2D eigenvalue weighted by atomic mass is 32.1. The highest BCUT2D eigenvalue weighted by Crippen LogP contribution is 2.31. The molecule has 1 heterocycles. The van der Waals surface area contributed by atoms with E-state index in [0.717, 1.165) is 34.2 Å². The van der Waals surface area contributed by atoms with Gasteiger partial charge in [-0.3, -0.25) is 0 Å². The van der Waals surface area contributed by atoms with E-state index in [0.29, 0.717) is 6.54 Å². The largest absolute Gasteiger partial charge is 0.497 e. The Balaban J connectivity index is 2.29. The van der Waals surface area contributed by atoms with Gasteiger partial charge in [-0.15, -0.1) is 11.3 Å². The molecule has 0 bridgehead atoms. The Hall–Kier alpha value is -1.59. The van der Waals surface area contributed by atoms with Gasteiger partial charge in [-0.25, -0.2) is 4.98 Å². The highest BCUT2D eigenvalue weighted by Gasteiger charge is 2.18. The molecule has 0 aliphatic rings. The van der Waals surface area contributed by atoms with Crippen molar-refractivity contribution >= 4 is 11.3 Å². The number of rotatable bonds is 6. The number of nitrogens with zero attached hydrogens (tertiary/aromatic N) is 1. The number of hydrogen-bond donors (Lipinski definition) is 1. The lowest BCUT2D eigenvalue weighted by atomic mass is 9.99. The van der Waals surface area contributed by atoms with Crippen molar-refractivity contribution in [1.29, 1.82) is 0 Å². The molecular weight excluding hydrogens is 284 g/mol. The Morgan fingerprint density at radius 2 is 2.00 bits per heavy atom. The number of aromatic nitrogens is 1. The van der Waals surface area contributed by atoms with Crippen molar-refractivity contribution in [2.24, 2.45) is 5.73 Å². The number of nitrogens with two attached hydrogens (primary N) is 1. The van der Waals surface area contributed by atoms with Crippen LogP contribution in [0.15, 0.2) is 18.2 Å². The normalized spacial score (nSPS) is 12.2. The van der Waals surface area contributed by atoms with Gasteiger partial charge in [0, 0.05) is 17.3 Å². The Labute approximate surface area is 129 Å².